The van der Waals surface area contributed by atoms with Crippen molar-refractivity contribution in [1.82, 2.24) is 10.3 Å². The molecule has 6 nitrogen and oxygen atoms in total. The molecule has 1 heterocycles. The summed E-state index contributed by atoms with van der Waals surface area (Å²) < 4.78 is 27.6. The standard InChI is InChI=1S/C15H20N2O4S/c1-15(2,3)10-5-6-12-11(7-10)17-14(21-12)8-16-13(18)9-22(4,19)20/h5-7H,8-9H2,1-4H3,(H,16,18). The maximum atomic E-state index is 11.5. The van der Waals surface area contributed by atoms with Gasteiger partial charge in [0.2, 0.25) is 11.8 Å². The van der Waals surface area contributed by atoms with Crippen LogP contribution < -0.4 is 5.32 Å². The highest BCUT2D eigenvalue weighted by Gasteiger charge is 2.16. The van der Waals surface area contributed by atoms with Crippen molar-refractivity contribution < 1.29 is 17.6 Å². The summed E-state index contributed by atoms with van der Waals surface area (Å²) in [4.78, 5) is 15.8. The van der Waals surface area contributed by atoms with Crippen LogP contribution in [0.2, 0.25) is 0 Å². The van der Waals surface area contributed by atoms with Crippen LogP contribution in [0.1, 0.15) is 32.2 Å². The van der Waals surface area contributed by atoms with E-state index in [4.69, 9.17) is 4.42 Å². The molecule has 1 aromatic heterocycles. The summed E-state index contributed by atoms with van der Waals surface area (Å²) in [7, 11) is -3.34. The third kappa shape index (κ3) is 4.30. The first-order valence-electron chi connectivity index (χ1n) is 6.89. The van der Waals surface area contributed by atoms with E-state index in [0.717, 1.165) is 17.3 Å². The van der Waals surface area contributed by atoms with E-state index in [9.17, 15) is 13.2 Å². The predicted molar refractivity (Wildman–Crippen MR) is 84.3 cm³/mol. The Morgan fingerprint density at radius 2 is 2.00 bits per heavy atom. The molecule has 7 heteroatoms. The minimum Gasteiger partial charge on any atom is -0.439 e. The maximum Gasteiger partial charge on any atom is 0.235 e. The fourth-order valence-corrected chi connectivity index (χ4v) is 2.56. The number of hydrogen-bond acceptors (Lipinski definition) is 5. The molecule has 2 aromatic rings. The molecule has 1 aromatic carbocycles. The molecular weight excluding hydrogens is 304 g/mol. The van der Waals surface area contributed by atoms with Gasteiger partial charge >= 0.3 is 0 Å². The Kier molecular flexibility index (Phi) is 4.28. The molecule has 0 atom stereocenters. The van der Waals surface area contributed by atoms with Gasteiger partial charge in [-0.05, 0) is 23.1 Å². The smallest absolute Gasteiger partial charge is 0.235 e. The number of carbonyl (C=O) groups is 1. The minimum absolute atomic E-state index is 0.0109. The molecule has 120 valence electrons. The van der Waals surface area contributed by atoms with Gasteiger partial charge in [-0.25, -0.2) is 13.4 Å². The molecule has 0 aliphatic heterocycles. The fourth-order valence-electron chi connectivity index (χ4n) is 1.98. The number of fused-ring (bicyclic) bond motifs is 1. The highest BCUT2D eigenvalue weighted by molar-refractivity contribution is 7.91. The van der Waals surface area contributed by atoms with Crippen LogP contribution in [-0.4, -0.2) is 31.3 Å². The number of benzene rings is 1. The van der Waals surface area contributed by atoms with Crippen molar-refractivity contribution in [2.75, 3.05) is 12.0 Å². The van der Waals surface area contributed by atoms with Gasteiger partial charge in [-0.2, -0.15) is 0 Å². The number of rotatable bonds is 4. The molecule has 0 spiro atoms. The molecule has 22 heavy (non-hydrogen) atoms. The van der Waals surface area contributed by atoms with Crippen LogP contribution in [0.3, 0.4) is 0 Å². The Balaban J connectivity index is 2.12. The summed E-state index contributed by atoms with van der Waals surface area (Å²) in [6, 6.07) is 5.80. The predicted octanol–water partition coefficient (Wildman–Crippen LogP) is 1.79. The molecule has 0 aliphatic rings. The number of carbonyl (C=O) groups excluding carboxylic acids is 1. The molecule has 1 N–H and O–H groups in total. The van der Waals surface area contributed by atoms with Gasteiger partial charge in [0.05, 0.1) is 6.54 Å². The Morgan fingerprint density at radius 1 is 1.32 bits per heavy atom. The second kappa shape index (κ2) is 5.72. The summed E-state index contributed by atoms with van der Waals surface area (Å²) in [5, 5.41) is 2.49. The highest BCUT2D eigenvalue weighted by atomic mass is 32.2. The van der Waals surface area contributed by atoms with E-state index in [2.05, 4.69) is 31.1 Å². The number of aromatic nitrogens is 1. The number of oxazole rings is 1. The van der Waals surface area contributed by atoms with Gasteiger partial charge in [0.1, 0.15) is 11.3 Å². The summed E-state index contributed by atoms with van der Waals surface area (Å²) in [6.45, 7) is 6.40. The normalized spacial score (nSPS) is 12.5. The van der Waals surface area contributed by atoms with Crippen LogP contribution in [-0.2, 0) is 26.6 Å². The van der Waals surface area contributed by atoms with Crippen molar-refractivity contribution in [3.8, 4) is 0 Å². The van der Waals surface area contributed by atoms with Crippen molar-refractivity contribution in [3.63, 3.8) is 0 Å². The summed E-state index contributed by atoms with van der Waals surface area (Å²) >= 11 is 0. The van der Waals surface area contributed by atoms with Crippen LogP contribution in [0.25, 0.3) is 11.1 Å². The van der Waals surface area contributed by atoms with E-state index in [1.165, 1.54) is 0 Å². The zero-order valence-corrected chi connectivity index (χ0v) is 14.0. The van der Waals surface area contributed by atoms with E-state index in [0.29, 0.717) is 11.5 Å². The Bertz CT molecular complexity index is 801. The lowest BCUT2D eigenvalue weighted by atomic mass is 9.87. The topological polar surface area (TPSA) is 89.3 Å². The summed E-state index contributed by atoms with van der Waals surface area (Å²) in [5.74, 6) is -0.760. The lowest BCUT2D eigenvalue weighted by Crippen LogP contribution is -2.29. The van der Waals surface area contributed by atoms with E-state index >= 15 is 0 Å². The SMILES string of the molecule is CC(C)(C)c1ccc2oc(CNC(=O)CS(C)(=O)=O)nc2c1. The van der Waals surface area contributed by atoms with Crippen LogP contribution in [0.4, 0.5) is 0 Å². The van der Waals surface area contributed by atoms with Crippen molar-refractivity contribution in [3.05, 3.63) is 29.7 Å². The van der Waals surface area contributed by atoms with Crippen LogP contribution in [0, 0.1) is 0 Å². The number of sulfone groups is 1. The number of nitrogens with one attached hydrogen (secondary N) is 1. The average Bonchev–Trinajstić information content (AvgIpc) is 2.74. The van der Waals surface area contributed by atoms with Crippen molar-refractivity contribution in [1.29, 1.82) is 0 Å². The first-order valence-corrected chi connectivity index (χ1v) is 8.95. The second-order valence-electron chi connectivity index (χ2n) is 6.39. The monoisotopic (exact) mass is 324 g/mol. The third-order valence-corrected chi connectivity index (χ3v) is 3.91. The summed E-state index contributed by atoms with van der Waals surface area (Å²) in [6.07, 6.45) is 1.01. The molecule has 2 rings (SSSR count). The molecule has 1 amide bonds. The van der Waals surface area contributed by atoms with Gasteiger partial charge in [0.25, 0.3) is 0 Å². The lowest BCUT2D eigenvalue weighted by Gasteiger charge is -2.18. The molecule has 0 fully saturated rings. The number of amides is 1. The third-order valence-electron chi connectivity index (χ3n) is 3.13. The lowest BCUT2D eigenvalue weighted by molar-refractivity contribution is -0.118. The van der Waals surface area contributed by atoms with Crippen LogP contribution >= 0.6 is 0 Å². The first kappa shape index (κ1) is 16.5. The van der Waals surface area contributed by atoms with E-state index < -0.39 is 21.5 Å². The molecule has 0 aliphatic carbocycles. The van der Waals surface area contributed by atoms with E-state index in [1.54, 1.807) is 0 Å². The van der Waals surface area contributed by atoms with Crippen LogP contribution in [0.5, 0.6) is 0 Å². The minimum atomic E-state index is -3.34. The Hall–Kier alpha value is -1.89. The maximum absolute atomic E-state index is 11.5. The first-order chi connectivity index (χ1) is 10.0. The average molecular weight is 324 g/mol. The van der Waals surface area contributed by atoms with Crippen LogP contribution in [0.15, 0.2) is 22.6 Å². The molecular formula is C15H20N2O4S. The van der Waals surface area contributed by atoms with Gasteiger partial charge in [0.15, 0.2) is 15.4 Å². The largest absolute Gasteiger partial charge is 0.439 e. The van der Waals surface area contributed by atoms with Gasteiger partial charge in [-0.3, -0.25) is 4.79 Å². The van der Waals surface area contributed by atoms with Gasteiger partial charge in [0, 0.05) is 6.26 Å². The molecule has 0 saturated heterocycles. The number of nitrogens with zero attached hydrogens (tertiary/aromatic N) is 1. The van der Waals surface area contributed by atoms with E-state index in [1.807, 2.05) is 18.2 Å². The van der Waals surface area contributed by atoms with Crippen molar-refractivity contribution in [2.24, 2.45) is 0 Å². The highest BCUT2D eigenvalue weighted by Crippen LogP contribution is 2.26. The molecule has 0 bridgehead atoms. The Labute approximate surface area is 129 Å². The zero-order chi connectivity index (χ0) is 16.5. The number of hydrogen-bond donors (Lipinski definition) is 1. The fraction of sp³-hybridized carbons (Fsp3) is 0.467. The van der Waals surface area contributed by atoms with Gasteiger partial charge in [-0.1, -0.05) is 26.8 Å². The molecule has 0 unspecified atom stereocenters. The Morgan fingerprint density at radius 3 is 2.59 bits per heavy atom. The molecule has 0 saturated carbocycles. The van der Waals surface area contributed by atoms with Crippen molar-refractivity contribution in [2.45, 2.75) is 32.7 Å². The second-order valence-corrected chi connectivity index (χ2v) is 8.53. The van der Waals surface area contributed by atoms with E-state index in [-0.39, 0.29) is 12.0 Å². The van der Waals surface area contributed by atoms with Gasteiger partial charge in [-0.15, -0.1) is 0 Å². The molecule has 0 radical (unpaired) electrons. The zero-order valence-electron chi connectivity index (χ0n) is 13.1. The summed E-state index contributed by atoms with van der Waals surface area (Å²) in [5.41, 5.74) is 2.51. The van der Waals surface area contributed by atoms with Gasteiger partial charge < -0.3 is 9.73 Å². The van der Waals surface area contributed by atoms with Crippen molar-refractivity contribution >= 4 is 26.8 Å². The quantitative estimate of drug-likeness (QED) is 0.926.